The van der Waals surface area contributed by atoms with Crippen molar-refractivity contribution in [2.45, 2.75) is 32.9 Å². The fraction of sp³-hybridized carbons (Fsp3) is 0.391. The van der Waals surface area contributed by atoms with Gasteiger partial charge in [0.15, 0.2) is 5.96 Å². The van der Waals surface area contributed by atoms with Crippen LogP contribution in [0.25, 0.3) is 0 Å². The number of ether oxygens (including phenoxy) is 1. The number of nitrogens with zero attached hydrogens (tertiary/aromatic N) is 1. The summed E-state index contributed by atoms with van der Waals surface area (Å²) in [6, 6.07) is 18.1. The third-order valence-corrected chi connectivity index (χ3v) is 4.63. The highest BCUT2D eigenvalue weighted by Gasteiger charge is 2.28. The number of aliphatic imine (C=N–C) groups is 1. The van der Waals surface area contributed by atoms with E-state index in [4.69, 9.17) is 4.74 Å². The minimum Gasteiger partial charge on any atom is -0.489 e. The first-order valence-electron chi connectivity index (χ1n) is 10.3. The molecular formula is C23H30N4O2. The zero-order chi connectivity index (χ0) is 20.3. The number of nitrogens with one attached hydrogen (secondary N) is 3. The highest BCUT2D eigenvalue weighted by molar-refractivity contribution is 5.81. The van der Waals surface area contributed by atoms with Crippen molar-refractivity contribution in [3.63, 3.8) is 0 Å². The first-order chi connectivity index (χ1) is 14.3. The van der Waals surface area contributed by atoms with Gasteiger partial charge in [-0.1, -0.05) is 48.5 Å². The Morgan fingerprint density at radius 1 is 1.00 bits per heavy atom. The molecule has 0 atom stereocenters. The van der Waals surface area contributed by atoms with Gasteiger partial charge in [-0.05, 0) is 31.4 Å². The Bertz CT molecular complexity index is 804. The molecule has 6 nitrogen and oxygen atoms in total. The van der Waals surface area contributed by atoms with Crippen molar-refractivity contribution in [1.29, 1.82) is 0 Å². The minimum absolute atomic E-state index is 0.165. The Kier molecular flexibility index (Phi) is 7.92. The summed E-state index contributed by atoms with van der Waals surface area (Å²) < 4.78 is 6.01. The molecule has 2 aromatic rings. The molecule has 0 unspecified atom stereocenters. The van der Waals surface area contributed by atoms with Crippen LogP contribution in [0.4, 0.5) is 0 Å². The molecule has 0 radical (unpaired) electrons. The molecule has 1 aliphatic carbocycles. The standard InChI is InChI=1S/C23H30N4O2/c1-2-24-23(26-15-14-25-22(28)19-12-13-19)27-16-20-10-6-7-11-21(20)29-17-18-8-4-3-5-9-18/h3-11,19H,2,12-17H2,1H3,(H,25,28)(H2,24,26,27). The second-order valence-electron chi connectivity index (χ2n) is 7.07. The SMILES string of the molecule is CCNC(=NCc1ccccc1OCc1ccccc1)NCCNC(=O)C1CC1. The van der Waals surface area contributed by atoms with Crippen LogP contribution in [0.15, 0.2) is 59.6 Å². The van der Waals surface area contributed by atoms with Gasteiger partial charge >= 0.3 is 0 Å². The fourth-order valence-corrected chi connectivity index (χ4v) is 2.87. The maximum Gasteiger partial charge on any atom is 0.223 e. The monoisotopic (exact) mass is 394 g/mol. The second-order valence-corrected chi connectivity index (χ2v) is 7.07. The molecule has 0 heterocycles. The Morgan fingerprint density at radius 2 is 1.72 bits per heavy atom. The zero-order valence-corrected chi connectivity index (χ0v) is 17.0. The van der Waals surface area contributed by atoms with Gasteiger partial charge in [0.1, 0.15) is 12.4 Å². The van der Waals surface area contributed by atoms with E-state index in [1.807, 2.05) is 49.4 Å². The molecular weight excluding hydrogens is 364 g/mol. The molecule has 0 aromatic heterocycles. The van der Waals surface area contributed by atoms with Gasteiger partial charge in [0, 0.05) is 31.1 Å². The second kappa shape index (κ2) is 11.1. The Labute approximate surface area is 172 Å². The molecule has 29 heavy (non-hydrogen) atoms. The van der Waals surface area contributed by atoms with E-state index in [0.717, 1.165) is 42.2 Å². The van der Waals surface area contributed by atoms with Crippen molar-refractivity contribution < 1.29 is 9.53 Å². The van der Waals surface area contributed by atoms with Crippen LogP contribution >= 0.6 is 0 Å². The van der Waals surface area contributed by atoms with Crippen LogP contribution in [0.2, 0.25) is 0 Å². The number of rotatable bonds is 10. The van der Waals surface area contributed by atoms with Gasteiger partial charge in [-0.2, -0.15) is 0 Å². The van der Waals surface area contributed by atoms with Gasteiger partial charge in [0.05, 0.1) is 6.54 Å². The van der Waals surface area contributed by atoms with E-state index < -0.39 is 0 Å². The van der Waals surface area contributed by atoms with Crippen LogP contribution in [0, 0.1) is 5.92 Å². The lowest BCUT2D eigenvalue weighted by atomic mass is 10.2. The van der Waals surface area contributed by atoms with Crippen molar-refractivity contribution in [3.8, 4) is 5.75 Å². The summed E-state index contributed by atoms with van der Waals surface area (Å²) in [5.74, 6) is 1.97. The molecule has 1 amide bonds. The lowest BCUT2D eigenvalue weighted by molar-refractivity contribution is -0.122. The Balaban J connectivity index is 1.51. The summed E-state index contributed by atoms with van der Waals surface area (Å²) >= 11 is 0. The molecule has 3 rings (SSSR count). The van der Waals surface area contributed by atoms with Gasteiger partial charge in [0.2, 0.25) is 5.91 Å². The van der Waals surface area contributed by atoms with Crippen molar-refractivity contribution in [1.82, 2.24) is 16.0 Å². The van der Waals surface area contributed by atoms with Gasteiger partial charge in [-0.3, -0.25) is 4.79 Å². The summed E-state index contributed by atoms with van der Waals surface area (Å²) in [5.41, 5.74) is 2.16. The third kappa shape index (κ3) is 7.14. The smallest absolute Gasteiger partial charge is 0.223 e. The van der Waals surface area contributed by atoms with Crippen molar-refractivity contribution in [2.75, 3.05) is 19.6 Å². The Morgan fingerprint density at radius 3 is 2.48 bits per heavy atom. The van der Waals surface area contributed by atoms with Crippen LogP contribution in [-0.4, -0.2) is 31.5 Å². The zero-order valence-electron chi connectivity index (χ0n) is 17.0. The summed E-state index contributed by atoms with van der Waals surface area (Å²) in [4.78, 5) is 16.4. The predicted octanol–water partition coefficient (Wildman–Crippen LogP) is 2.85. The number of guanidine groups is 1. The lowest BCUT2D eigenvalue weighted by Crippen LogP contribution is -2.41. The van der Waals surface area contributed by atoms with Crippen LogP contribution in [0.5, 0.6) is 5.75 Å². The minimum atomic E-state index is 0.165. The normalized spacial score (nSPS) is 13.6. The number of para-hydroxylation sites is 1. The molecule has 0 spiro atoms. The van der Waals surface area contributed by atoms with Gasteiger partial charge in [-0.15, -0.1) is 0 Å². The fourth-order valence-electron chi connectivity index (χ4n) is 2.87. The first kappa shape index (κ1) is 20.7. The van der Waals surface area contributed by atoms with E-state index in [1.165, 1.54) is 0 Å². The van der Waals surface area contributed by atoms with E-state index in [1.54, 1.807) is 0 Å². The third-order valence-electron chi connectivity index (χ3n) is 4.63. The van der Waals surface area contributed by atoms with Crippen LogP contribution in [0.3, 0.4) is 0 Å². The van der Waals surface area contributed by atoms with Crippen LogP contribution in [-0.2, 0) is 17.9 Å². The number of amides is 1. The number of carbonyl (C=O) groups is 1. The van der Waals surface area contributed by atoms with Gasteiger partial charge in [-0.25, -0.2) is 4.99 Å². The summed E-state index contributed by atoms with van der Waals surface area (Å²) in [6.45, 7) is 5.07. The van der Waals surface area contributed by atoms with E-state index in [-0.39, 0.29) is 11.8 Å². The molecule has 2 aromatic carbocycles. The molecule has 0 saturated heterocycles. The highest BCUT2D eigenvalue weighted by atomic mass is 16.5. The summed E-state index contributed by atoms with van der Waals surface area (Å²) in [6.07, 6.45) is 2.05. The molecule has 0 aliphatic heterocycles. The van der Waals surface area contributed by atoms with E-state index in [9.17, 15) is 4.79 Å². The number of hydrogen-bond donors (Lipinski definition) is 3. The van der Waals surface area contributed by atoms with Crippen molar-refractivity contribution in [2.24, 2.45) is 10.9 Å². The molecule has 1 aliphatic rings. The predicted molar refractivity (Wildman–Crippen MR) is 116 cm³/mol. The van der Waals surface area contributed by atoms with Crippen LogP contribution < -0.4 is 20.7 Å². The molecule has 1 saturated carbocycles. The molecule has 6 heteroatoms. The first-order valence-corrected chi connectivity index (χ1v) is 10.3. The largest absolute Gasteiger partial charge is 0.489 e. The van der Waals surface area contributed by atoms with Gasteiger partial charge < -0.3 is 20.7 Å². The lowest BCUT2D eigenvalue weighted by Gasteiger charge is -2.13. The van der Waals surface area contributed by atoms with E-state index in [0.29, 0.717) is 26.2 Å². The topological polar surface area (TPSA) is 74.8 Å². The molecule has 0 bridgehead atoms. The van der Waals surface area contributed by atoms with Crippen molar-refractivity contribution >= 4 is 11.9 Å². The van der Waals surface area contributed by atoms with Gasteiger partial charge in [0.25, 0.3) is 0 Å². The molecule has 1 fully saturated rings. The average molecular weight is 395 g/mol. The highest BCUT2D eigenvalue weighted by Crippen LogP contribution is 2.28. The number of carbonyl (C=O) groups excluding carboxylic acids is 1. The van der Waals surface area contributed by atoms with E-state index >= 15 is 0 Å². The summed E-state index contributed by atoms with van der Waals surface area (Å²) in [5, 5.41) is 9.46. The Hall–Kier alpha value is -3.02. The van der Waals surface area contributed by atoms with Crippen molar-refractivity contribution in [3.05, 3.63) is 65.7 Å². The average Bonchev–Trinajstić information content (AvgIpc) is 3.60. The maximum atomic E-state index is 11.7. The maximum absolute atomic E-state index is 11.7. The molecule has 154 valence electrons. The quantitative estimate of drug-likeness (QED) is 0.329. The van der Waals surface area contributed by atoms with Crippen LogP contribution in [0.1, 0.15) is 30.9 Å². The molecule has 3 N–H and O–H groups in total. The van der Waals surface area contributed by atoms with E-state index in [2.05, 4.69) is 33.1 Å². The summed E-state index contributed by atoms with van der Waals surface area (Å²) in [7, 11) is 0. The number of hydrogen-bond acceptors (Lipinski definition) is 3. The number of benzene rings is 2.